The summed E-state index contributed by atoms with van der Waals surface area (Å²) in [6.07, 6.45) is 4.23. The highest BCUT2D eigenvalue weighted by Crippen LogP contribution is 2.40. The average Bonchev–Trinajstić information content (AvgIpc) is 3.23. The Morgan fingerprint density at radius 3 is 2.58 bits per heavy atom. The number of carbonyl (C=O) groups is 1. The fourth-order valence-electron chi connectivity index (χ4n) is 2.86. The van der Waals surface area contributed by atoms with E-state index in [9.17, 15) is 4.79 Å². The van der Waals surface area contributed by atoms with E-state index < -0.39 is 5.54 Å². The van der Waals surface area contributed by atoms with Crippen LogP contribution in [0, 0.1) is 11.8 Å². The Labute approximate surface area is 115 Å². The average molecular weight is 270 g/mol. The molecule has 3 N–H and O–H groups in total. The van der Waals surface area contributed by atoms with Crippen LogP contribution in [0.25, 0.3) is 0 Å². The van der Waals surface area contributed by atoms with E-state index in [-0.39, 0.29) is 5.91 Å². The van der Waals surface area contributed by atoms with E-state index in [4.69, 9.17) is 15.2 Å². The van der Waals surface area contributed by atoms with Gasteiger partial charge in [-0.2, -0.15) is 0 Å². The minimum atomic E-state index is -0.653. The maximum atomic E-state index is 11.8. The Balaban J connectivity index is 1.83. The molecule has 19 heavy (non-hydrogen) atoms. The van der Waals surface area contributed by atoms with Crippen LogP contribution in [-0.2, 0) is 14.3 Å². The van der Waals surface area contributed by atoms with E-state index in [1.54, 1.807) is 0 Å². The van der Waals surface area contributed by atoms with Gasteiger partial charge in [0, 0.05) is 19.8 Å². The van der Waals surface area contributed by atoms with Gasteiger partial charge in [0.1, 0.15) is 5.54 Å². The minimum Gasteiger partial charge on any atom is -0.381 e. The lowest BCUT2D eigenvalue weighted by Gasteiger charge is -2.32. The zero-order valence-electron chi connectivity index (χ0n) is 11.8. The molecule has 1 amide bonds. The number of ether oxygens (including phenoxy) is 2. The van der Waals surface area contributed by atoms with Gasteiger partial charge in [-0.25, -0.2) is 0 Å². The molecule has 2 aliphatic rings. The molecule has 110 valence electrons. The first-order chi connectivity index (χ1) is 9.19. The largest absolute Gasteiger partial charge is 0.381 e. The van der Waals surface area contributed by atoms with E-state index in [2.05, 4.69) is 5.32 Å². The van der Waals surface area contributed by atoms with Gasteiger partial charge >= 0.3 is 0 Å². The van der Waals surface area contributed by atoms with Crippen molar-refractivity contribution < 1.29 is 14.3 Å². The standard InChI is InChI=1S/C14H26N2O3/c1-2-16-14(13(15)17,12-3-4-12)10-19-9-11-5-7-18-8-6-11/h11-12,16H,2-10H2,1H3,(H2,15,17). The zero-order chi connectivity index (χ0) is 13.7. The molecule has 0 radical (unpaired) electrons. The lowest BCUT2D eigenvalue weighted by atomic mass is 9.93. The Morgan fingerprint density at radius 2 is 2.05 bits per heavy atom. The van der Waals surface area contributed by atoms with Crippen molar-refractivity contribution >= 4 is 5.91 Å². The number of carbonyl (C=O) groups excluding carboxylic acids is 1. The third-order valence-corrected chi connectivity index (χ3v) is 4.23. The zero-order valence-corrected chi connectivity index (χ0v) is 11.8. The molecule has 0 aromatic rings. The van der Waals surface area contributed by atoms with Crippen molar-refractivity contribution in [2.24, 2.45) is 17.6 Å². The van der Waals surface area contributed by atoms with Gasteiger partial charge in [-0.1, -0.05) is 6.92 Å². The summed E-state index contributed by atoms with van der Waals surface area (Å²) in [5.74, 6) is 0.628. The topological polar surface area (TPSA) is 73.6 Å². The SMILES string of the molecule is CCNC(COCC1CCOCC1)(C(N)=O)C1CC1. The molecule has 2 rings (SSSR count). The number of amides is 1. The van der Waals surface area contributed by atoms with E-state index in [0.29, 0.717) is 25.0 Å². The molecule has 1 saturated heterocycles. The van der Waals surface area contributed by atoms with Crippen molar-refractivity contribution in [3.05, 3.63) is 0 Å². The first kappa shape index (κ1) is 14.8. The smallest absolute Gasteiger partial charge is 0.240 e. The summed E-state index contributed by atoms with van der Waals surface area (Å²) in [4.78, 5) is 11.8. The highest BCUT2D eigenvalue weighted by molar-refractivity contribution is 5.85. The van der Waals surface area contributed by atoms with Crippen LogP contribution in [0.1, 0.15) is 32.6 Å². The van der Waals surface area contributed by atoms with E-state index in [0.717, 1.165) is 45.4 Å². The second kappa shape index (κ2) is 6.68. The molecular weight excluding hydrogens is 244 g/mol. The highest BCUT2D eigenvalue weighted by atomic mass is 16.5. The molecule has 0 aromatic carbocycles. The van der Waals surface area contributed by atoms with Crippen LogP contribution in [-0.4, -0.2) is 44.4 Å². The van der Waals surface area contributed by atoms with Crippen LogP contribution in [0.2, 0.25) is 0 Å². The van der Waals surface area contributed by atoms with Crippen LogP contribution in [0.15, 0.2) is 0 Å². The van der Waals surface area contributed by atoms with Crippen LogP contribution in [0.3, 0.4) is 0 Å². The predicted molar refractivity (Wildman–Crippen MR) is 72.7 cm³/mol. The summed E-state index contributed by atoms with van der Waals surface area (Å²) < 4.78 is 11.2. The highest BCUT2D eigenvalue weighted by Gasteiger charge is 2.49. The fourth-order valence-corrected chi connectivity index (χ4v) is 2.86. The lowest BCUT2D eigenvalue weighted by Crippen LogP contribution is -2.60. The number of hydrogen-bond donors (Lipinski definition) is 2. The molecule has 0 spiro atoms. The summed E-state index contributed by atoms with van der Waals surface area (Å²) in [6, 6.07) is 0. The second-order valence-electron chi connectivity index (χ2n) is 5.71. The van der Waals surface area contributed by atoms with Crippen LogP contribution < -0.4 is 11.1 Å². The Hall–Kier alpha value is -0.650. The van der Waals surface area contributed by atoms with Crippen molar-refractivity contribution in [1.29, 1.82) is 0 Å². The van der Waals surface area contributed by atoms with Gasteiger partial charge in [0.15, 0.2) is 0 Å². The summed E-state index contributed by atoms with van der Waals surface area (Å²) in [5, 5.41) is 3.27. The number of rotatable bonds is 8. The number of nitrogens with two attached hydrogens (primary N) is 1. The molecule has 1 aliphatic carbocycles. The molecule has 1 heterocycles. The lowest BCUT2D eigenvalue weighted by molar-refractivity contribution is -0.128. The molecule has 1 unspecified atom stereocenters. The Bertz CT molecular complexity index is 301. The van der Waals surface area contributed by atoms with Gasteiger partial charge in [0.25, 0.3) is 0 Å². The maximum Gasteiger partial charge on any atom is 0.240 e. The number of hydrogen-bond acceptors (Lipinski definition) is 4. The van der Waals surface area contributed by atoms with Crippen molar-refractivity contribution in [2.75, 3.05) is 33.0 Å². The fraction of sp³-hybridized carbons (Fsp3) is 0.929. The van der Waals surface area contributed by atoms with Gasteiger partial charge in [-0.15, -0.1) is 0 Å². The van der Waals surface area contributed by atoms with Gasteiger partial charge < -0.3 is 20.5 Å². The van der Waals surface area contributed by atoms with Gasteiger partial charge in [-0.05, 0) is 44.1 Å². The minimum absolute atomic E-state index is 0.274. The maximum absolute atomic E-state index is 11.8. The molecule has 2 fully saturated rings. The molecule has 5 nitrogen and oxygen atoms in total. The Kier molecular flexibility index (Phi) is 5.19. The van der Waals surface area contributed by atoms with Crippen molar-refractivity contribution in [3.63, 3.8) is 0 Å². The summed E-state index contributed by atoms with van der Waals surface area (Å²) in [7, 11) is 0. The first-order valence-corrected chi connectivity index (χ1v) is 7.39. The number of likely N-dealkylation sites (N-methyl/N-ethyl adjacent to an activating group) is 1. The third kappa shape index (κ3) is 3.68. The molecule has 1 aliphatic heterocycles. The molecule has 0 aromatic heterocycles. The number of nitrogens with one attached hydrogen (secondary N) is 1. The molecular formula is C14H26N2O3. The van der Waals surface area contributed by atoms with Crippen molar-refractivity contribution in [2.45, 2.75) is 38.1 Å². The molecule has 5 heteroatoms. The van der Waals surface area contributed by atoms with Gasteiger partial charge in [0.05, 0.1) is 6.61 Å². The van der Waals surface area contributed by atoms with Crippen molar-refractivity contribution in [1.82, 2.24) is 5.32 Å². The molecule has 1 atom stereocenters. The monoisotopic (exact) mass is 270 g/mol. The summed E-state index contributed by atoms with van der Waals surface area (Å²) in [6.45, 7) is 5.49. The van der Waals surface area contributed by atoms with E-state index >= 15 is 0 Å². The molecule has 0 bridgehead atoms. The van der Waals surface area contributed by atoms with Crippen molar-refractivity contribution in [3.8, 4) is 0 Å². The Morgan fingerprint density at radius 1 is 1.37 bits per heavy atom. The first-order valence-electron chi connectivity index (χ1n) is 7.39. The van der Waals surface area contributed by atoms with E-state index in [1.165, 1.54) is 0 Å². The van der Waals surface area contributed by atoms with Crippen LogP contribution >= 0.6 is 0 Å². The summed E-state index contributed by atoms with van der Waals surface area (Å²) in [5.41, 5.74) is 4.96. The third-order valence-electron chi connectivity index (χ3n) is 4.23. The molecule has 1 saturated carbocycles. The quantitative estimate of drug-likeness (QED) is 0.680. The van der Waals surface area contributed by atoms with E-state index in [1.807, 2.05) is 6.92 Å². The van der Waals surface area contributed by atoms with Gasteiger partial charge in [-0.3, -0.25) is 4.79 Å². The van der Waals surface area contributed by atoms with Gasteiger partial charge in [0.2, 0.25) is 5.91 Å². The second-order valence-corrected chi connectivity index (χ2v) is 5.71. The normalized spacial score (nSPS) is 24.1. The number of primary amides is 1. The van der Waals surface area contributed by atoms with Crippen LogP contribution in [0.4, 0.5) is 0 Å². The summed E-state index contributed by atoms with van der Waals surface area (Å²) >= 11 is 0. The van der Waals surface area contributed by atoms with Crippen LogP contribution in [0.5, 0.6) is 0 Å². The predicted octanol–water partition coefficient (Wildman–Crippen LogP) is 0.673.